The van der Waals surface area contributed by atoms with Crippen molar-refractivity contribution in [2.45, 2.75) is 0 Å². The average Bonchev–Trinajstić information content (AvgIpc) is 3.51. The zero-order valence-corrected chi connectivity index (χ0v) is 21.4. The van der Waals surface area contributed by atoms with Crippen LogP contribution in [0.4, 0.5) is 0 Å². The summed E-state index contributed by atoms with van der Waals surface area (Å²) in [6.45, 7) is 0. The fraction of sp³-hybridized carbons (Fsp3) is 0. The molecule has 1 heterocycles. The lowest BCUT2D eigenvalue weighted by molar-refractivity contribution is 0.669. The molecule has 9 aromatic rings. The van der Waals surface area contributed by atoms with Crippen LogP contribution >= 0.6 is 0 Å². The van der Waals surface area contributed by atoms with Gasteiger partial charge in [0.15, 0.2) is 0 Å². The second kappa shape index (κ2) is 8.55. The van der Waals surface area contributed by atoms with Crippen molar-refractivity contribution in [1.82, 2.24) is 0 Å². The number of benzene rings is 8. The van der Waals surface area contributed by atoms with Crippen molar-refractivity contribution in [3.8, 4) is 22.3 Å². The first kappa shape index (κ1) is 14.3. The lowest BCUT2D eigenvalue weighted by atomic mass is 9.86. The van der Waals surface area contributed by atoms with Gasteiger partial charge in [-0.3, -0.25) is 0 Å². The molecule has 8 aromatic carbocycles. The van der Waals surface area contributed by atoms with Gasteiger partial charge in [-0.25, -0.2) is 0 Å². The summed E-state index contributed by atoms with van der Waals surface area (Å²) in [7, 11) is 0. The van der Waals surface area contributed by atoms with E-state index in [0.29, 0.717) is 33.1 Å². The van der Waals surface area contributed by atoms with Crippen LogP contribution in [0, 0.1) is 0 Å². The SMILES string of the molecule is [2H]c1c([2H])c([2H])c2c([2H])c3c(c([2H])c([2H])c4c([2H])c([2H])c([2H])c([2H])c43)c(-c3cc(-c4ccccc4)cc4oc5cc6ccccc6cc5c34)c2c1[2H]. The molecule has 0 aliphatic heterocycles. The number of furan rings is 1. The predicted octanol–water partition coefficient (Wildman–Crippen LogP) is 11.5. The van der Waals surface area contributed by atoms with Crippen LogP contribution in [0.3, 0.4) is 0 Å². The Balaban J connectivity index is 1.64. The molecule has 41 heavy (non-hydrogen) atoms. The lowest BCUT2D eigenvalue weighted by Crippen LogP contribution is -1.89. The summed E-state index contributed by atoms with van der Waals surface area (Å²) in [5.74, 6) is 0. The van der Waals surface area contributed by atoms with Crippen molar-refractivity contribution in [1.29, 1.82) is 0 Å². The van der Waals surface area contributed by atoms with Crippen LogP contribution in [0.2, 0.25) is 0 Å². The molecule has 1 heteroatoms. The van der Waals surface area contributed by atoms with Gasteiger partial charge in [0.25, 0.3) is 0 Å². The first-order chi connectivity index (χ1) is 24.9. The van der Waals surface area contributed by atoms with Crippen molar-refractivity contribution in [3.05, 3.63) is 145 Å². The van der Waals surface area contributed by atoms with Crippen molar-refractivity contribution in [2.75, 3.05) is 0 Å². The lowest BCUT2D eigenvalue weighted by Gasteiger charge is -2.16. The maximum Gasteiger partial charge on any atom is 0.136 e. The second-order valence-electron chi connectivity index (χ2n) is 10.1. The summed E-state index contributed by atoms with van der Waals surface area (Å²) >= 11 is 0. The molecule has 0 spiro atoms. The Labute approximate surface area is 252 Å². The highest BCUT2D eigenvalue weighted by Gasteiger charge is 2.20. The third-order valence-electron chi connectivity index (χ3n) is 7.75. The largest absolute Gasteiger partial charge is 0.456 e. The molecule has 0 aliphatic carbocycles. The molecule has 0 bridgehead atoms. The predicted molar refractivity (Wildman–Crippen MR) is 175 cm³/mol. The fourth-order valence-electron chi connectivity index (χ4n) is 5.92. The van der Waals surface area contributed by atoms with Crippen molar-refractivity contribution >= 4 is 65.0 Å². The Morgan fingerprint density at radius 1 is 0.463 bits per heavy atom. The van der Waals surface area contributed by atoms with E-state index < -0.39 is 66.5 Å². The van der Waals surface area contributed by atoms with E-state index >= 15 is 0 Å². The minimum Gasteiger partial charge on any atom is -0.456 e. The van der Waals surface area contributed by atoms with Crippen molar-refractivity contribution < 1.29 is 19.5 Å². The van der Waals surface area contributed by atoms with Crippen LogP contribution in [-0.2, 0) is 0 Å². The van der Waals surface area contributed by atoms with Gasteiger partial charge in [-0.15, -0.1) is 0 Å². The molecule has 0 amide bonds. The van der Waals surface area contributed by atoms with Crippen molar-refractivity contribution in [3.63, 3.8) is 0 Å². The minimum atomic E-state index is -0.590. The second-order valence-corrected chi connectivity index (χ2v) is 10.1. The standard InChI is InChI=1S/C40H24O/c1-2-10-25(11-3-1)30-22-36(40-35-20-27-13-4-5-14-28(27)23-37(35)41-38(40)24-30)39-32-17-9-7-15-29(32)21-34-31-16-8-6-12-26(31)18-19-33(34)39/h1-24H/i6D,7D,8D,9D,12D,15D,16D,17D,18D,19D,21D. The van der Waals surface area contributed by atoms with Gasteiger partial charge in [-0.05, 0) is 95.7 Å². The highest BCUT2D eigenvalue weighted by molar-refractivity contribution is 6.25. The molecule has 9 rings (SSSR count). The summed E-state index contributed by atoms with van der Waals surface area (Å²) in [5.41, 5.74) is 3.08. The van der Waals surface area contributed by atoms with E-state index in [9.17, 15) is 4.11 Å². The van der Waals surface area contributed by atoms with E-state index in [1.165, 1.54) is 0 Å². The van der Waals surface area contributed by atoms with Crippen LogP contribution < -0.4 is 0 Å². The number of fused-ring (bicyclic) bond motifs is 8. The van der Waals surface area contributed by atoms with Crippen LogP contribution in [-0.4, -0.2) is 0 Å². The van der Waals surface area contributed by atoms with Gasteiger partial charge in [0.05, 0.1) is 15.1 Å². The zero-order chi connectivity index (χ0) is 36.5. The quantitative estimate of drug-likeness (QED) is 0.160. The normalized spacial score (nSPS) is 15.7. The van der Waals surface area contributed by atoms with Gasteiger partial charge in [0.2, 0.25) is 0 Å². The topological polar surface area (TPSA) is 13.1 Å². The first-order valence-corrected chi connectivity index (χ1v) is 13.2. The number of hydrogen-bond donors (Lipinski definition) is 0. The zero-order valence-electron chi connectivity index (χ0n) is 32.4. The van der Waals surface area contributed by atoms with E-state index in [0.717, 1.165) is 16.3 Å². The Morgan fingerprint density at radius 2 is 1.20 bits per heavy atom. The van der Waals surface area contributed by atoms with Gasteiger partial charge in [0.1, 0.15) is 11.2 Å². The van der Waals surface area contributed by atoms with Gasteiger partial charge < -0.3 is 4.42 Å². The van der Waals surface area contributed by atoms with Crippen LogP contribution in [0.5, 0.6) is 0 Å². The van der Waals surface area contributed by atoms with Gasteiger partial charge in [0, 0.05) is 10.8 Å². The molecular formula is C40H24O. The Morgan fingerprint density at radius 3 is 2.05 bits per heavy atom. The maximum absolute atomic E-state index is 9.50. The minimum absolute atomic E-state index is 0.0355. The van der Waals surface area contributed by atoms with Gasteiger partial charge >= 0.3 is 0 Å². The van der Waals surface area contributed by atoms with Gasteiger partial charge in [-0.1, -0.05) is 115 Å². The average molecular weight is 532 g/mol. The van der Waals surface area contributed by atoms with Gasteiger partial charge in [-0.2, -0.15) is 0 Å². The van der Waals surface area contributed by atoms with Crippen LogP contribution in [0.1, 0.15) is 15.1 Å². The van der Waals surface area contributed by atoms with E-state index in [1.807, 2.05) is 78.9 Å². The van der Waals surface area contributed by atoms with E-state index in [2.05, 4.69) is 0 Å². The molecule has 190 valence electrons. The number of rotatable bonds is 2. The highest BCUT2D eigenvalue weighted by Crippen LogP contribution is 2.46. The molecule has 0 atom stereocenters. The molecule has 0 unspecified atom stereocenters. The maximum atomic E-state index is 9.50. The molecule has 1 aromatic heterocycles. The molecule has 0 N–H and O–H groups in total. The molecule has 0 saturated heterocycles. The Hall–Kier alpha value is -5.40. The van der Waals surface area contributed by atoms with Crippen LogP contribution in [0.25, 0.3) is 87.3 Å². The molecule has 1 nitrogen and oxygen atoms in total. The van der Waals surface area contributed by atoms with E-state index in [4.69, 9.17) is 15.4 Å². The molecular weight excluding hydrogens is 496 g/mol. The first-order valence-electron chi connectivity index (χ1n) is 18.7. The third kappa shape index (κ3) is 3.36. The third-order valence-corrected chi connectivity index (χ3v) is 7.75. The monoisotopic (exact) mass is 531 g/mol. The molecule has 0 aliphatic rings. The van der Waals surface area contributed by atoms with Crippen molar-refractivity contribution in [2.24, 2.45) is 0 Å². The smallest absolute Gasteiger partial charge is 0.136 e. The van der Waals surface area contributed by atoms with E-state index in [-0.39, 0.29) is 37.9 Å². The molecule has 0 radical (unpaired) electrons. The number of hydrogen-bond acceptors (Lipinski definition) is 1. The Kier molecular flexibility index (Phi) is 2.98. The Bertz CT molecular complexity index is 3080. The highest BCUT2D eigenvalue weighted by atomic mass is 16.3. The summed E-state index contributed by atoms with van der Waals surface area (Å²) < 4.78 is 105. The molecule has 0 fully saturated rings. The summed E-state index contributed by atoms with van der Waals surface area (Å²) in [6, 6.07) is 19.3. The fourth-order valence-corrected chi connectivity index (χ4v) is 5.92. The van der Waals surface area contributed by atoms with E-state index in [1.54, 1.807) is 0 Å². The summed E-state index contributed by atoms with van der Waals surface area (Å²) in [4.78, 5) is 0. The summed E-state index contributed by atoms with van der Waals surface area (Å²) in [6.07, 6.45) is 0. The molecule has 0 saturated carbocycles. The summed E-state index contributed by atoms with van der Waals surface area (Å²) in [5, 5.41) is 2.37. The van der Waals surface area contributed by atoms with Crippen LogP contribution in [0.15, 0.2) is 150 Å².